The van der Waals surface area contributed by atoms with Gasteiger partial charge < -0.3 is 15.5 Å². The summed E-state index contributed by atoms with van der Waals surface area (Å²) in [7, 11) is 5.31. The van der Waals surface area contributed by atoms with E-state index in [0.29, 0.717) is 5.56 Å². The van der Waals surface area contributed by atoms with Gasteiger partial charge in [-0.3, -0.25) is 9.79 Å². The molecular formula is C20H29N7O. The van der Waals surface area contributed by atoms with Crippen LogP contribution in [0.2, 0.25) is 0 Å². The number of hydrogen-bond donors (Lipinski definition) is 2. The van der Waals surface area contributed by atoms with Gasteiger partial charge in [-0.1, -0.05) is 12.1 Å². The smallest absolute Gasteiger partial charge is 0.253 e. The van der Waals surface area contributed by atoms with Gasteiger partial charge in [-0.25, -0.2) is 9.67 Å². The predicted octanol–water partition coefficient (Wildman–Crippen LogP) is 1.01. The fraction of sp³-hybridized carbons (Fsp3) is 0.500. The highest BCUT2D eigenvalue weighted by atomic mass is 16.2. The molecule has 0 saturated carbocycles. The van der Waals surface area contributed by atoms with Gasteiger partial charge in [-0.05, 0) is 37.5 Å². The highest BCUT2D eigenvalue weighted by Crippen LogP contribution is 2.13. The quantitative estimate of drug-likeness (QED) is 0.594. The molecule has 8 heteroatoms. The van der Waals surface area contributed by atoms with Gasteiger partial charge in [0.2, 0.25) is 0 Å². The van der Waals surface area contributed by atoms with Crippen LogP contribution in [-0.4, -0.2) is 65.3 Å². The van der Waals surface area contributed by atoms with Crippen LogP contribution in [0, 0.1) is 6.92 Å². The van der Waals surface area contributed by atoms with E-state index in [-0.39, 0.29) is 11.9 Å². The molecule has 1 aromatic carbocycles. The third-order valence-electron chi connectivity index (χ3n) is 4.81. The summed E-state index contributed by atoms with van der Waals surface area (Å²) >= 11 is 0. The van der Waals surface area contributed by atoms with E-state index in [4.69, 9.17) is 0 Å². The Morgan fingerprint density at radius 2 is 2.21 bits per heavy atom. The molecule has 1 atom stereocenters. The van der Waals surface area contributed by atoms with Crippen molar-refractivity contribution in [1.29, 1.82) is 0 Å². The Bertz CT molecular complexity index is 856. The molecule has 2 heterocycles. The molecule has 2 aromatic rings. The molecule has 28 heavy (non-hydrogen) atoms. The maximum absolute atomic E-state index is 12.1. The fourth-order valence-corrected chi connectivity index (χ4v) is 3.38. The van der Waals surface area contributed by atoms with Crippen LogP contribution in [0.5, 0.6) is 0 Å². The first-order valence-electron chi connectivity index (χ1n) is 9.64. The standard InChI is InChI=1S/C20H29N7O/c1-14-23-18-9-8-17(13-27(18)25-14)24-20(21-2)22-11-10-15-6-5-7-16(12-15)19(28)26(3)4/h5-7,12,17H,8-11,13H2,1-4H3,(H2,21,22,24). The van der Waals surface area contributed by atoms with Crippen molar-refractivity contribution < 1.29 is 4.79 Å². The second kappa shape index (κ2) is 8.86. The molecule has 0 radical (unpaired) electrons. The van der Waals surface area contributed by atoms with Gasteiger partial charge in [0.15, 0.2) is 5.96 Å². The molecule has 2 N–H and O–H groups in total. The zero-order chi connectivity index (χ0) is 20.1. The Hall–Kier alpha value is -2.90. The summed E-state index contributed by atoms with van der Waals surface area (Å²) < 4.78 is 1.98. The Morgan fingerprint density at radius 3 is 2.96 bits per heavy atom. The van der Waals surface area contributed by atoms with Gasteiger partial charge in [0.05, 0.1) is 6.54 Å². The summed E-state index contributed by atoms with van der Waals surface area (Å²) in [5.74, 6) is 2.69. The number of amides is 1. The van der Waals surface area contributed by atoms with Crippen molar-refractivity contribution in [3.05, 3.63) is 47.0 Å². The maximum atomic E-state index is 12.1. The SMILES string of the molecule is CN=C(NCCc1cccc(C(=O)N(C)C)c1)NC1CCc2nc(C)nn2C1. The lowest BCUT2D eigenvalue weighted by Crippen LogP contribution is -2.47. The average molecular weight is 384 g/mol. The van der Waals surface area contributed by atoms with E-state index in [1.165, 1.54) is 0 Å². The number of benzene rings is 1. The lowest BCUT2D eigenvalue weighted by atomic mass is 10.1. The zero-order valence-corrected chi connectivity index (χ0v) is 17.1. The number of aryl methyl sites for hydroxylation is 2. The molecule has 150 valence electrons. The van der Waals surface area contributed by atoms with Crippen LogP contribution in [0.1, 0.15) is 34.0 Å². The summed E-state index contributed by atoms with van der Waals surface area (Å²) in [6, 6.07) is 8.05. The highest BCUT2D eigenvalue weighted by molar-refractivity contribution is 5.94. The van der Waals surface area contributed by atoms with Gasteiger partial charge in [0.25, 0.3) is 5.91 Å². The number of nitrogens with one attached hydrogen (secondary N) is 2. The van der Waals surface area contributed by atoms with Crippen molar-refractivity contribution in [2.75, 3.05) is 27.7 Å². The van der Waals surface area contributed by atoms with Crippen molar-refractivity contribution in [3.63, 3.8) is 0 Å². The number of rotatable bonds is 5. The Labute approximate surface area is 166 Å². The van der Waals surface area contributed by atoms with E-state index in [1.54, 1.807) is 26.0 Å². The van der Waals surface area contributed by atoms with Crippen LogP contribution in [-0.2, 0) is 19.4 Å². The number of aromatic nitrogens is 3. The Morgan fingerprint density at radius 1 is 1.39 bits per heavy atom. The van der Waals surface area contributed by atoms with Gasteiger partial charge in [-0.15, -0.1) is 0 Å². The second-order valence-corrected chi connectivity index (χ2v) is 7.29. The first-order valence-corrected chi connectivity index (χ1v) is 9.64. The average Bonchev–Trinajstić information content (AvgIpc) is 3.06. The number of fused-ring (bicyclic) bond motifs is 1. The molecule has 1 amide bonds. The minimum absolute atomic E-state index is 0.0206. The number of carbonyl (C=O) groups excluding carboxylic acids is 1. The minimum atomic E-state index is 0.0206. The van der Waals surface area contributed by atoms with Crippen LogP contribution in [0.25, 0.3) is 0 Å². The second-order valence-electron chi connectivity index (χ2n) is 7.29. The monoisotopic (exact) mass is 383 g/mol. The van der Waals surface area contributed by atoms with Crippen molar-refractivity contribution in [2.45, 2.75) is 38.8 Å². The minimum Gasteiger partial charge on any atom is -0.356 e. The van der Waals surface area contributed by atoms with Gasteiger partial charge >= 0.3 is 0 Å². The topological polar surface area (TPSA) is 87.4 Å². The number of carbonyl (C=O) groups is 1. The molecule has 0 bridgehead atoms. The van der Waals surface area contributed by atoms with E-state index in [1.807, 2.05) is 35.9 Å². The third-order valence-corrected chi connectivity index (χ3v) is 4.81. The lowest BCUT2D eigenvalue weighted by Gasteiger charge is -2.25. The molecule has 0 fully saturated rings. The summed E-state index contributed by atoms with van der Waals surface area (Å²) in [4.78, 5) is 22.5. The van der Waals surface area contributed by atoms with Crippen LogP contribution in [0.4, 0.5) is 0 Å². The van der Waals surface area contributed by atoms with Crippen molar-refractivity contribution in [2.24, 2.45) is 4.99 Å². The van der Waals surface area contributed by atoms with Crippen molar-refractivity contribution in [1.82, 2.24) is 30.3 Å². The van der Waals surface area contributed by atoms with Gasteiger partial charge in [0.1, 0.15) is 11.6 Å². The molecule has 8 nitrogen and oxygen atoms in total. The summed E-state index contributed by atoms with van der Waals surface area (Å²) in [5, 5.41) is 11.3. The number of aliphatic imine (C=N–C) groups is 1. The molecule has 1 unspecified atom stereocenters. The Kier molecular flexibility index (Phi) is 6.28. The van der Waals surface area contributed by atoms with Crippen molar-refractivity contribution in [3.8, 4) is 0 Å². The third kappa shape index (κ3) is 4.88. The molecule has 1 aromatic heterocycles. The zero-order valence-electron chi connectivity index (χ0n) is 17.1. The van der Waals surface area contributed by atoms with Gasteiger partial charge in [-0.2, -0.15) is 5.10 Å². The molecule has 0 saturated heterocycles. The first-order chi connectivity index (χ1) is 13.5. The van der Waals surface area contributed by atoms with E-state index < -0.39 is 0 Å². The van der Waals surface area contributed by atoms with Crippen LogP contribution < -0.4 is 10.6 Å². The number of guanidine groups is 1. The van der Waals surface area contributed by atoms with Crippen molar-refractivity contribution >= 4 is 11.9 Å². The lowest BCUT2D eigenvalue weighted by molar-refractivity contribution is 0.0827. The Balaban J connectivity index is 1.50. The van der Waals surface area contributed by atoms with E-state index >= 15 is 0 Å². The number of hydrogen-bond acceptors (Lipinski definition) is 4. The molecule has 1 aliphatic heterocycles. The highest BCUT2D eigenvalue weighted by Gasteiger charge is 2.21. The van der Waals surface area contributed by atoms with E-state index in [0.717, 1.165) is 55.5 Å². The van der Waals surface area contributed by atoms with E-state index in [9.17, 15) is 4.79 Å². The molecular weight excluding hydrogens is 354 g/mol. The summed E-state index contributed by atoms with van der Waals surface area (Å²) in [6.07, 6.45) is 2.74. The molecule has 3 rings (SSSR count). The summed E-state index contributed by atoms with van der Waals surface area (Å²) in [5.41, 5.74) is 1.84. The molecule has 0 aliphatic carbocycles. The number of nitrogens with zero attached hydrogens (tertiary/aromatic N) is 5. The molecule has 0 spiro atoms. The normalized spacial score (nSPS) is 16.4. The van der Waals surface area contributed by atoms with Crippen LogP contribution >= 0.6 is 0 Å². The van der Waals surface area contributed by atoms with Crippen LogP contribution in [0.3, 0.4) is 0 Å². The predicted molar refractivity (Wildman–Crippen MR) is 110 cm³/mol. The summed E-state index contributed by atoms with van der Waals surface area (Å²) in [6.45, 7) is 3.46. The first kappa shape index (κ1) is 19.9. The van der Waals surface area contributed by atoms with Crippen LogP contribution in [0.15, 0.2) is 29.3 Å². The maximum Gasteiger partial charge on any atom is 0.253 e. The largest absolute Gasteiger partial charge is 0.356 e. The van der Waals surface area contributed by atoms with Gasteiger partial charge in [0, 0.05) is 45.7 Å². The fourth-order valence-electron chi connectivity index (χ4n) is 3.38. The van der Waals surface area contributed by atoms with E-state index in [2.05, 4.69) is 25.7 Å². The molecule has 1 aliphatic rings.